The van der Waals surface area contributed by atoms with E-state index in [-0.39, 0.29) is 5.91 Å². The van der Waals surface area contributed by atoms with Crippen LogP contribution in [0.15, 0.2) is 29.8 Å². The summed E-state index contributed by atoms with van der Waals surface area (Å²) in [5.41, 5.74) is 5.82. The fourth-order valence-corrected chi connectivity index (χ4v) is 1.69. The van der Waals surface area contributed by atoms with Crippen molar-refractivity contribution in [3.63, 3.8) is 0 Å². The van der Waals surface area contributed by atoms with Gasteiger partial charge in [0.25, 0.3) is 5.91 Å². The number of hydrogen-bond donors (Lipinski definition) is 2. The molecule has 0 aliphatic rings. The maximum atomic E-state index is 12.2. The summed E-state index contributed by atoms with van der Waals surface area (Å²) in [6.07, 6.45) is 2.11. The molecular formula is C17H26N2O2. The minimum Gasteiger partial charge on any atom is -0.381 e. The minimum atomic E-state index is -0.414. The number of allylic oxidation sites excluding steroid dienone is 1. The molecule has 0 aromatic heterocycles. The lowest BCUT2D eigenvalue weighted by atomic mass is 10.1. The predicted octanol–water partition coefficient (Wildman–Crippen LogP) is 3.83. The lowest BCUT2D eigenvalue weighted by Gasteiger charge is -2.20. The van der Waals surface area contributed by atoms with E-state index in [1.165, 1.54) is 5.57 Å². The monoisotopic (exact) mass is 290 g/mol. The van der Waals surface area contributed by atoms with E-state index in [4.69, 9.17) is 4.84 Å². The Morgan fingerprint density at radius 2 is 1.95 bits per heavy atom. The highest BCUT2D eigenvalue weighted by atomic mass is 16.7. The molecule has 0 spiro atoms. The third-order valence-corrected chi connectivity index (χ3v) is 2.83. The van der Waals surface area contributed by atoms with Crippen molar-refractivity contribution >= 4 is 11.6 Å². The summed E-state index contributed by atoms with van der Waals surface area (Å²) in [6.45, 7) is 12.4. The summed E-state index contributed by atoms with van der Waals surface area (Å²) in [7, 11) is 0. The van der Waals surface area contributed by atoms with Crippen molar-refractivity contribution < 1.29 is 9.63 Å². The molecule has 0 bridgehead atoms. The normalized spacial score (nSPS) is 11.0. The van der Waals surface area contributed by atoms with Crippen LogP contribution in [0.25, 0.3) is 0 Å². The molecule has 1 amide bonds. The Balaban J connectivity index is 2.80. The zero-order valence-corrected chi connectivity index (χ0v) is 13.8. The summed E-state index contributed by atoms with van der Waals surface area (Å²) >= 11 is 0. The van der Waals surface area contributed by atoms with E-state index in [2.05, 4.69) is 30.7 Å². The van der Waals surface area contributed by atoms with Gasteiger partial charge in [0, 0.05) is 17.8 Å². The van der Waals surface area contributed by atoms with Gasteiger partial charge in [-0.25, -0.2) is 5.48 Å². The van der Waals surface area contributed by atoms with Crippen molar-refractivity contribution in [3.8, 4) is 0 Å². The van der Waals surface area contributed by atoms with Gasteiger partial charge in [0.15, 0.2) is 0 Å². The van der Waals surface area contributed by atoms with Crippen LogP contribution < -0.4 is 10.8 Å². The van der Waals surface area contributed by atoms with Gasteiger partial charge < -0.3 is 5.32 Å². The van der Waals surface area contributed by atoms with Crippen LogP contribution in [0.5, 0.6) is 0 Å². The molecule has 116 valence electrons. The van der Waals surface area contributed by atoms with Gasteiger partial charge in [-0.15, -0.1) is 0 Å². The first-order valence-electron chi connectivity index (χ1n) is 7.16. The highest BCUT2D eigenvalue weighted by molar-refractivity contribution is 5.96. The molecule has 0 saturated heterocycles. The fraction of sp³-hybridized carbons (Fsp3) is 0.471. The van der Waals surface area contributed by atoms with Gasteiger partial charge in [-0.1, -0.05) is 17.7 Å². The average molecular weight is 290 g/mol. The first-order valence-corrected chi connectivity index (χ1v) is 7.16. The van der Waals surface area contributed by atoms with Crippen LogP contribution >= 0.6 is 0 Å². The van der Waals surface area contributed by atoms with Crippen LogP contribution in [0.3, 0.4) is 0 Å². The van der Waals surface area contributed by atoms with E-state index in [9.17, 15) is 4.79 Å². The van der Waals surface area contributed by atoms with Crippen LogP contribution in [0, 0.1) is 6.92 Å². The van der Waals surface area contributed by atoms with Gasteiger partial charge in [0.2, 0.25) is 0 Å². The lowest BCUT2D eigenvalue weighted by Crippen LogP contribution is -2.33. The van der Waals surface area contributed by atoms with Crippen molar-refractivity contribution in [1.82, 2.24) is 5.48 Å². The summed E-state index contributed by atoms with van der Waals surface area (Å²) < 4.78 is 0. The highest BCUT2D eigenvalue weighted by Gasteiger charge is 2.16. The average Bonchev–Trinajstić information content (AvgIpc) is 2.37. The molecule has 2 N–H and O–H groups in total. The quantitative estimate of drug-likeness (QED) is 0.640. The number of hydrogen-bond acceptors (Lipinski definition) is 3. The Morgan fingerprint density at radius 3 is 2.52 bits per heavy atom. The number of rotatable bonds is 5. The summed E-state index contributed by atoms with van der Waals surface area (Å²) in [4.78, 5) is 17.5. The Morgan fingerprint density at radius 1 is 1.29 bits per heavy atom. The van der Waals surface area contributed by atoms with Gasteiger partial charge in [-0.05, 0) is 59.2 Å². The molecule has 0 atom stereocenters. The summed E-state index contributed by atoms with van der Waals surface area (Å²) in [6, 6.07) is 5.63. The Hall–Kier alpha value is -1.81. The number of anilines is 1. The van der Waals surface area contributed by atoms with E-state index in [1.807, 2.05) is 39.8 Å². The second-order valence-electron chi connectivity index (χ2n) is 6.29. The van der Waals surface area contributed by atoms with Crippen LogP contribution in [0.4, 0.5) is 5.69 Å². The molecule has 0 saturated carbocycles. The first-order chi connectivity index (χ1) is 9.70. The van der Waals surface area contributed by atoms with Gasteiger partial charge in [-0.2, -0.15) is 0 Å². The molecule has 0 heterocycles. The highest BCUT2D eigenvalue weighted by Crippen LogP contribution is 2.19. The van der Waals surface area contributed by atoms with Crippen molar-refractivity contribution in [1.29, 1.82) is 0 Å². The second kappa shape index (κ2) is 7.27. The predicted molar refractivity (Wildman–Crippen MR) is 87.4 cm³/mol. The minimum absolute atomic E-state index is 0.228. The van der Waals surface area contributed by atoms with Gasteiger partial charge >= 0.3 is 0 Å². The zero-order chi connectivity index (χ0) is 16.0. The maximum absolute atomic E-state index is 12.2. The smallest absolute Gasteiger partial charge is 0.275 e. The van der Waals surface area contributed by atoms with Crippen molar-refractivity contribution in [2.24, 2.45) is 0 Å². The molecule has 0 aliphatic heterocycles. The second-order valence-corrected chi connectivity index (χ2v) is 6.29. The molecule has 0 radical (unpaired) electrons. The molecule has 0 fully saturated rings. The van der Waals surface area contributed by atoms with E-state index in [1.54, 1.807) is 6.07 Å². The number of amides is 1. The van der Waals surface area contributed by atoms with Crippen LogP contribution in [0.2, 0.25) is 0 Å². The molecule has 0 unspecified atom stereocenters. The molecule has 4 nitrogen and oxygen atoms in total. The molecule has 1 aromatic carbocycles. The molecule has 1 aromatic rings. The topological polar surface area (TPSA) is 50.4 Å². The van der Waals surface area contributed by atoms with Gasteiger partial charge in [0.05, 0.1) is 5.60 Å². The van der Waals surface area contributed by atoms with Crippen LogP contribution in [0.1, 0.15) is 50.5 Å². The van der Waals surface area contributed by atoms with E-state index < -0.39 is 5.60 Å². The van der Waals surface area contributed by atoms with Crippen LogP contribution in [-0.4, -0.2) is 18.1 Å². The number of benzene rings is 1. The zero-order valence-electron chi connectivity index (χ0n) is 13.8. The summed E-state index contributed by atoms with van der Waals surface area (Å²) in [5, 5.41) is 3.31. The maximum Gasteiger partial charge on any atom is 0.275 e. The van der Waals surface area contributed by atoms with Crippen LogP contribution in [-0.2, 0) is 4.84 Å². The number of nitrogens with one attached hydrogen (secondary N) is 2. The third kappa shape index (κ3) is 6.00. The number of hydroxylamine groups is 1. The Labute approximate surface area is 127 Å². The molecule has 0 aliphatic carbocycles. The van der Waals surface area contributed by atoms with E-state index in [0.29, 0.717) is 5.56 Å². The Kier molecular flexibility index (Phi) is 5.97. The number of carbonyl (C=O) groups is 1. The van der Waals surface area contributed by atoms with Crippen molar-refractivity contribution in [3.05, 3.63) is 41.0 Å². The first kappa shape index (κ1) is 17.2. The standard InChI is InChI=1S/C17H26N2O2/c1-12(2)10-11-18-15-9-7-8-14(13(15)3)16(20)19-21-17(4,5)6/h7-10,18H,11H2,1-6H3,(H,19,20). The largest absolute Gasteiger partial charge is 0.381 e. The lowest BCUT2D eigenvalue weighted by molar-refractivity contribution is -0.0589. The van der Waals surface area contributed by atoms with E-state index >= 15 is 0 Å². The third-order valence-electron chi connectivity index (χ3n) is 2.83. The molecule has 4 heteroatoms. The van der Waals surface area contributed by atoms with Crippen molar-refractivity contribution in [2.45, 2.75) is 47.1 Å². The number of carbonyl (C=O) groups excluding carboxylic acids is 1. The fourth-order valence-electron chi connectivity index (χ4n) is 1.69. The summed E-state index contributed by atoms with van der Waals surface area (Å²) in [5.74, 6) is -0.228. The molecular weight excluding hydrogens is 264 g/mol. The van der Waals surface area contributed by atoms with Gasteiger partial charge in [0.1, 0.15) is 0 Å². The van der Waals surface area contributed by atoms with E-state index in [0.717, 1.165) is 17.8 Å². The van der Waals surface area contributed by atoms with Gasteiger partial charge in [-0.3, -0.25) is 9.63 Å². The Bertz CT molecular complexity index is 524. The SMILES string of the molecule is CC(C)=CCNc1cccc(C(=O)NOC(C)(C)C)c1C. The molecule has 1 rings (SSSR count). The van der Waals surface area contributed by atoms with Crippen molar-refractivity contribution in [2.75, 3.05) is 11.9 Å². The molecule has 21 heavy (non-hydrogen) atoms.